The molecule has 1 fully saturated rings. The van der Waals surface area contributed by atoms with Crippen molar-refractivity contribution >= 4 is 12.4 Å². The molecular weight excluding hydrogens is 296 g/mol. The molecule has 120 valence electrons. The first-order chi connectivity index (χ1) is 10.2. The Morgan fingerprint density at radius 2 is 2.00 bits per heavy atom. The average molecular weight is 321 g/mol. The molecule has 0 bridgehead atoms. The standard InChI is InChI=1S/C17H24N4.ClH/c1-14(18)17-9-5-6-11-20(17)13-15-10-12-21(19-15)16-7-3-2-4-8-16;/h2-4,7-8,10,12,14,17H,5-6,9,11,13,18H2,1H3;1H. The highest BCUT2D eigenvalue weighted by Gasteiger charge is 2.25. The second-order valence-electron chi connectivity index (χ2n) is 5.98. The Labute approximate surface area is 138 Å². The molecule has 0 aliphatic carbocycles. The fourth-order valence-electron chi connectivity index (χ4n) is 3.19. The molecule has 1 aliphatic heterocycles. The van der Waals surface area contributed by atoms with Crippen molar-refractivity contribution in [3.8, 4) is 5.69 Å². The van der Waals surface area contributed by atoms with Gasteiger partial charge in [0.2, 0.25) is 0 Å². The Morgan fingerprint density at radius 1 is 1.23 bits per heavy atom. The Kier molecular flexibility index (Phi) is 6.00. The molecule has 1 aliphatic rings. The second-order valence-corrected chi connectivity index (χ2v) is 5.98. The van der Waals surface area contributed by atoms with Gasteiger partial charge in [0.1, 0.15) is 0 Å². The minimum absolute atomic E-state index is 0. The Balaban J connectivity index is 0.00000176. The van der Waals surface area contributed by atoms with Gasteiger partial charge < -0.3 is 5.73 Å². The van der Waals surface area contributed by atoms with E-state index in [4.69, 9.17) is 10.8 Å². The monoisotopic (exact) mass is 320 g/mol. The van der Waals surface area contributed by atoms with Crippen LogP contribution in [-0.2, 0) is 6.54 Å². The van der Waals surface area contributed by atoms with E-state index in [1.165, 1.54) is 19.3 Å². The Hall–Kier alpha value is -1.36. The van der Waals surface area contributed by atoms with Crippen molar-refractivity contribution in [2.45, 2.75) is 44.8 Å². The highest BCUT2D eigenvalue weighted by atomic mass is 35.5. The van der Waals surface area contributed by atoms with E-state index in [1.54, 1.807) is 0 Å². The molecule has 2 N–H and O–H groups in total. The van der Waals surface area contributed by atoms with Crippen LogP contribution in [0.1, 0.15) is 31.9 Å². The predicted octanol–water partition coefficient (Wildman–Crippen LogP) is 3.00. The zero-order valence-corrected chi connectivity index (χ0v) is 13.9. The molecule has 2 aromatic rings. The predicted molar refractivity (Wildman–Crippen MR) is 92.5 cm³/mol. The number of aromatic nitrogens is 2. The molecule has 4 nitrogen and oxygen atoms in total. The number of rotatable bonds is 4. The fourth-order valence-corrected chi connectivity index (χ4v) is 3.19. The van der Waals surface area contributed by atoms with Crippen LogP contribution < -0.4 is 5.73 Å². The summed E-state index contributed by atoms with van der Waals surface area (Å²) in [4.78, 5) is 2.49. The van der Waals surface area contributed by atoms with Crippen LogP contribution in [0.4, 0.5) is 0 Å². The Bertz CT molecular complexity index is 567. The van der Waals surface area contributed by atoms with Gasteiger partial charge in [0, 0.05) is 24.8 Å². The minimum atomic E-state index is 0. The number of piperidine rings is 1. The van der Waals surface area contributed by atoms with Crippen LogP contribution in [0.2, 0.25) is 0 Å². The summed E-state index contributed by atoms with van der Waals surface area (Å²) in [6.45, 7) is 4.14. The summed E-state index contributed by atoms with van der Waals surface area (Å²) in [7, 11) is 0. The van der Waals surface area contributed by atoms with Crippen molar-refractivity contribution in [1.82, 2.24) is 14.7 Å². The lowest BCUT2D eigenvalue weighted by Gasteiger charge is -2.37. The second kappa shape index (κ2) is 7.77. The van der Waals surface area contributed by atoms with Crippen molar-refractivity contribution < 1.29 is 0 Å². The average Bonchev–Trinajstić information content (AvgIpc) is 2.97. The van der Waals surface area contributed by atoms with Crippen molar-refractivity contribution in [1.29, 1.82) is 0 Å². The lowest BCUT2D eigenvalue weighted by atomic mass is 9.97. The van der Waals surface area contributed by atoms with E-state index in [-0.39, 0.29) is 18.4 Å². The van der Waals surface area contributed by atoms with Gasteiger partial charge in [-0.15, -0.1) is 12.4 Å². The molecular formula is C17H25ClN4. The van der Waals surface area contributed by atoms with E-state index in [1.807, 2.05) is 29.1 Å². The van der Waals surface area contributed by atoms with Crippen LogP contribution >= 0.6 is 12.4 Å². The molecule has 1 saturated heterocycles. The molecule has 0 radical (unpaired) electrons. The van der Waals surface area contributed by atoms with Gasteiger partial charge in [0.25, 0.3) is 0 Å². The van der Waals surface area contributed by atoms with Gasteiger partial charge in [-0.2, -0.15) is 5.10 Å². The summed E-state index contributed by atoms with van der Waals surface area (Å²) in [5.74, 6) is 0. The first-order valence-electron chi connectivity index (χ1n) is 7.83. The lowest BCUT2D eigenvalue weighted by Crippen LogP contribution is -2.48. The number of likely N-dealkylation sites (tertiary alicyclic amines) is 1. The largest absolute Gasteiger partial charge is 0.327 e. The normalized spacial score (nSPS) is 20.4. The van der Waals surface area contributed by atoms with Crippen LogP contribution in [0, 0.1) is 0 Å². The molecule has 1 aromatic heterocycles. The van der Waals surface area contributed by atoms with Crippen LogP contribution in [0.25, 0.3) is 5.69 Å². The molecule has 22 heavy (non-hydrogen) atoms. The molecule has 0 spiro atoms. The van der Waals surface area contributed by atoms with Gasteiger partial charge >= 0.3 is 0 Å². The van der Waals surface area contributed by atoms with Gasteiger partial charge in [-0.05, 0) is 44.5 Å². The van der Waals surface area contributed by atoms with Crippen LogP contribution in [-0.4, -0.2) is 33.3 Å². The summed E-state index contributed by atoms with van der Waals surface area (Å²) in [6.07, 6.45) is 5.80. The summed E-state index contributed by atoms with van der Waals surface area (Å²) in [5, 5.41) is 4.70. The first-order valence-corrected chi connectivity index (χ1v) is 7.83. The first kappa shape index (κ1) is 17.0. The highest BCUT2D eigenvalue weighted by Crippen LogP contribution is 2.21. The third-order valence-corrected chi connectivity index (χ3v) is 4.30. The fraction of sp³-hybridized carbons (Fsp3) is 0.471. The SMILES string of the molecule is CC(N)C1CCCCN1Cc1ccn(-c2ccccc2)n1.Cl. The number of nitrogens with two attached hydrogens (primary N) is 1. The Morgan fingerprint density at radius 3 is 2.73 bits per heavy atom. The van der Waals surface area contributed by atoms with E-state index in [2.05, 4.69) is 30.0 Å². The zero-order valence-electron chi connectivity index (χ0n) is 13.1. The van der Waals surface area contributed by atoms with Gasteiger partial charge in [-0.25, -0.2) is 4.68 Å². The van der Waals surface area contributed by atoms with E-state index < -0.39 is 0 Å². The molecule has 1 aromatic carbocycles. The van der Waals surface area contributed by atoms with Gasteiger partial charge in [-0.1, -0.05) is 24.6 Å². The van der Waals surface area contributed by atoms with Crippen LogP contribution in [0.3, 0.4) is 0 Å². The van der Waals surface area contributed by atoms with E-state index in [9.17, 15) is 0 Å². The molecule has 0 amide bonds. The number of hydrogen-bond donors (Lipinski definition) is 1. The van der Waals surface area contributed by atoms with E-state index >= 15 is 0 Å². The summed E-state index contributed by atoms with van der Waals surface area (Å²) in [5.41, 5.74) is 8.36. The number of hydrogen-bond acceptors (Lipinski definition) is 3. The van der Waals surface area contributed by atoms with Crippen molar-refractivity contribution in [3.05, 3.63) is 48.3 Å². The van der Waals surface area contributed by atoms with Crippen molar-refractivity contribution in [3.63, 3.8) is 0 Å². The van der Waals surface area contributed by atoms with Gasteiger partial charge in [-0.3, -0.25) is 4.90 Å². The van der Waals surface area contributed by atoms with E-state index in [0.29, 0.717) is 6.04 Å². The quantitative estimate of drug-likeness (QED) is 0.942. The third-order valence-electron chi connectivity index (χ3n) is 4.30. The van der Waals surface area contributed by atoms with Crippen LogP contribution in [0.15, 0.2) is 42.6 Å². The molecule has 3 rings (SSSR count). The van der Waals surface area contributed by atoms with E-state index in [0.717, 1.165) is 24.5 Å². The summed E-state index contributed by atoms with van der Waals surface area (Å²) >= 11 is 0. The summed E-state index contributed by atoms with van der Waals surface area (Å²) < 4.78 is 1.94. The zero-order chi connectivity index (χ0) is 14.7. The maximum absolute atomic E-state index is 6.14. The lowest BCUT2D eigenvalue weighted by molar-refractivity contribution is 0.121. The molecule has 0 saturated carbocycles. The molecule has 2 heterocycles. The number of nitrogens with zero attached hydrogens (tertiary/aromatic N) is 3. The smallest absolute Gasteiger partial charge is 0.0769 e. The topological polar surface area (TPSA) is 47.1 Å². The third kappa shape index (κ3) is 3.88. The molecule has 2 atom stereocenters. The van der Waals surface area contributed by atoms with Gasteiger partial charge in [0.15, 0.2) is 0 Å². The number of halogens is 1. The summed E-state index contributed by atoms with van der Waals surface area (Å²) in [6, 6.07) is 13.1. The van der Waals surface area contributed by atoms with Crippen molar-refractivity contribution in [2.75, 3.05) is 6.54 Å². The number of para-hydroxylation sites is 1. The highest BCUT2D eigenvalue weighted by molar-refractivity contribution is 5.85. The molecule has 2 unspecified atom stereocenters. The minimum Gasteiger partial charge on any atom is -0.327 e. The van der Waals surface area contributed by atoms with Gasteiger partial charge in [0.05, 0.1) is 11.4 Å². The molecule has 5 heteroatoms. The number of benzene rings is 1. The van der Waals surface area contributed by atoms with Crippen molar-refractivity contribution in [2.24, 2.45) is 5.73 Å². The maximum Gasteiger partial charge on any atom is 0.0769 e. The maximum atomic E-state index is 6.14. The van der Waals surface area contributed by atoms with Crippen LogP contribution in [0.5, 0.6) is 0 Å².